The Morgan fingerprint density at radius 2 is 2.08 bits per heavy atom. The van der Waals surface area contributed by atoms with E-state index in [1.165, 1.54) is 0 Å². The van der Waals surface area contributed by atoms with Crippen molar-refractivity contribution in [2.24, 2.45) is 10.7 Å². The van der Waals surface area contributed by atoms with Crippen LogP contribution in [0.5, 0.6) is 0 Å². The number of morpholine rings is 1. The summed E-state index contributed by atoms with van der Waals surface area (Å²) in [4.78, 5) is 6.55. The second-order valence-electron chi connectivity index (χ2n) is 3.60. The molecule has 1 heterocycles. The van der Waals surface area contributed by atoms with Gasteiger partial charge in [0.15, 0.2) is 0 Å². The molecule has 76 valence electrons. The summed E-state index contributed by atoms with van der Waals surface area (Å²) in [5.41, 5.74) is 5.77. The van der Waals surface area contributed by atoms with Crippen molar-refractivity contribution in [2.45, 2.75) is 19.9 Å². The predicted octanol–water partition coefficient (Wildman–Crippen LogP) is 0.0842. The zero-order chi connectivity index (χ0) is 9.68. The highest BCUT2D eigenvalue weighted by molar-refractivity contribution is 5.82. The standard InChI is InChI=1S/C9H19N3O/c1-8(2)11-9(10)7-12-3-5-13-6-4-12/h8H,3-7H2,1-2H3,(H2,10,11). The van der Waals surface area contributed by atoms with Gasteiger partial charge in [-0.2, -0.15) is 0 Å². The van der Waals surface area contributed by atoms with Crippen LogP contribution in [0.15, 0.2) is 4.99 Å². The summed E-state index contributed by atoms with van der Waals surface area (Å²) in [7, 11) is 0. The molecule has 1 aliphatic rings. The first-order valence-corrected chi connectivity index (χ1v) is 4.80. The van der Waals surface area contributed by atoms with Crippen LogP contribution in [-0.2, 0) is 4.74 Å². The molecule has 2 N–H and O–H groups in total. The van der Waals surface area contributed by atoms with Gasteiger partial charge in [0.1, 0.15) is 5.84 Å². The summed E-state index contributed by atoms with van der Waals surface area (Å²) in [6.45, 7) is 8.41. The second kappa shape index (κ2) is 5.19. The van der Waals surface area contributed by atoms with Crippen LogP contribution in [0.1, 0.15) is 13.8 Å². The first-order chi connectivity index (χ1) is 6.18. The third-order valence-electron chi connectivity index (χ3n) is 1.91. The van der Waals surface area contributed by atoms with Gasteiger partial charge in [-0.3, -0.25) is 9.89 Å². The normalized spacial score (nSPS) is 21.0. The van der Waals surface area contributed by atoms with Crippen molar-refractivity contribution in [1.29, 1.82) is 0 Å². The van der Waals surface area contributed by atoms with Crippen LogP contribution in [0.25, 0.3) is 0 Å². The Hall–Kier alpha value is -0.610. The van der Waals surface area contributed by atoms with Crippen LogP contribution in [0.4, 0.5) is 0 Å². The summed E-state index contributed by atoms with van der Waals surface area (Å²) in [5.74, 6) is 0.733. The third kappa shape index (κ3) is 4.24. The first kappa shape index (κ1) is 10.5. The smallest absolute Gasteiger partial charge is 0.108 e. The monoisotopic (exact) mass is 185 g/mol. The Morgan fingerprint density at radius 1 is 1.46 bits per heavy atom. The molecule has 1 aliphatic heterocycles. The summed E-state index contributed by atoms with van der Waals surface area (Å²) in [6, 6.07) is 0.293. The van der Waals surface area contributed by atoms with Gasteiger partial charge in [0, 0.05) is 19.1 Å². The fraction of sp³-hybridized carbons (Fsp3) is 0.889. The van der Waals surface area contributed by atoms with Crippen molar-refractivity contribution in [3.63, 3.8) is 0 Å². The van der Waals surface area contributed by atoms with E-state index in [0.29, 0.717) is 6.04 Å². The zero-order valence-corrected chi connectivity index (χ0v) is 8.49. The predicted molar refractivity (Wildman–Crippen MR) is 54.0 cm³/mol. The van der Waals surface area contributed by atoms with Crippen molar-refractivity contribution >= 4 is 5.84 Å². The highest BCUT2D eigenvalue weighted by atomic mass is 16.5. The Bertz CT molecular complexity index is 174. The number of ether oxygens (including phenoxy) is 1. The minimum Gasteiger partial charge on any atom is -0.386 e. The van der Waals surface area contributed by atoms with Crippen LogP contribution in [-0.4, -0.2) is 49.6 Å². The van der Waals surface area contributed by atoms with E-state index >= 15 is 0 Å². The van der Waals surface area contributed by atoms with Crippen molar-refractivity contribution in [3.8, 4) is 0 Å². The summed E-state index contributed by atoms with van der Waals surface area (Å²) in [6.07, 6.45) is 0. The molecule has 0 radical (unpaired) electrons. The Morgan fingerprint density at radius 3 is 2.62 bits per heavy atom. The van der Waals surface area contributed by atoms with Gasteiger partial charge < -0.3 is 10.5 Å². The molecule has 0 aromatic rings. The molecule has 0 spiro atoms. The van der Waals surface area contributed by atoms with Gasteiger partial charge in [0.05, 0.1) is 19.8 Å². The molecule has 4 nitrogen and oxygen atoms in total. The highest BCUT2D eigenvalue weighted by Crippen LogP contribution is 1.96. The fourth-order valence-electron chi connectivity index (χ4n) is 1.36. The van der Waals surface area contributed by atoms with Gasteiger partial charge in [-0.25, -0.2) is 0 Å². The fourth-order valence-corrected chi connectivity index (χ4v) is 1.36. The number of amidine groups is 1. The van der Waals surface area contributed by atoms with E-state index in [0.717, 1.165) is 38.7 Å². The van der Waals surface area contributed by atoms with Crippen molar-refractivity contribution in [1.82, 2.24) is 4.90 Å². The van der Waals surface area contributed by atoms with Crippen LogP contribution < -0.4 is 5.73 Å². The van der Waals surface area contributed by atoms with Gasteiger partial charge in [0.2, 0.25) is 0 Å². The molecule has 0 aromatic carbocycles. The average Bonchev–Trinajstić information content (AvgIpc) is 2.04. The number of aliphatic imine (C=N–C) groups is 1. The van der Waals surface area contributed by atoms with Gasteiger partial charge >= 0.3 is 0 Å². The molecule has 0 atom stereocenters. The minimum absolute atomic E-state index is 0.293. The molecular weight excluding hydrogens is 166 g/mol. The molecule has 0 amide bonds. The lowest BCUT2D eigenvalue weighted by Gasteiger charge is -2.26. The largest absolute Gasteiger partial charge is 0.386 e. The molecule has 0 unspecified atom stereocenters. The van der Waals surface area contributed by atoms with E-state index in [1.807, 2.05) is 13.8 Å². The molecule has 4 heteroatoms. The van der Waals surface area contributed by atoms with Crippen molar-refractivity contribution in [2.75, 3.05) is 32.8 Å². The average molecular weight is 185 g/mol. The molecule has 0 aliphatic carbocycles. The van der Waals surface area contributed by atoms with Crippen LogP contribution in [0, 0.1) is 0 Å². The molecule has 0 aromatic heterocycles. The lowest BCUT2D eigenvalue weighted by Crippen LogP contribution is -2.41. The summed E-state index contributed by atoms with van der Waals surface area (Å²) >= 11 is 0. The number of nitrogens with two attached hydrogens (primary N) is 1. The Balaban J connectivity index is 2.29. The van der Waals surface area contributed by atoms with E-state index in [2.05, 4.69) is 9.89 Å². The van der Waals surface area contributed by atoms with E-state index < -0.39 is 0 Å². The Labute approximate surface area is 79.8 Å². The number of rotatable bonds is 3. The maximum absolute atomic E-state index is 5.77. The Kier molecular flexibility index (Phi) is 4.18. The van der Waals surface area contributed by atoms with E-state index in [-0.39, 0.29) is 0 Å². The van der Waals surface area contributed by atoms with E-state index in [9.17, 15) is 0 Å². The zero-order valence-electron chi connectivity index (χ0n) is 8.49. The third-order valence-corrected chi connectivity index (χ3v) is 1.91. The molecular formula is C9H19N3O. The van der Waals surface area contributed by atoms with Crippen molar-refractivity contribution < 1.29 is 4.74 Å². The topological polar surface area (TPSA) is 50.8 Å². The van der Waals surface area contributed by atoms with E-state index in [1.54, 1.807) is 0 Å². The van der Waals surface area contributed by atoms with Crippen LogP contribution in [0.2, 0.25) is 0 Å². The summed E-state index contributed by atoms with van der Waals surface area (Å²) < 4.78 is 5.24. The molecule has 0 saturated carbocycles. The number of nitrogens with zero attached hydrogens (tertiary/aromatic N) is 2. The van der Waals surface area contributed by atoms with E-state index in [4.69, 9.17) is 10.5 Å². The van der Waals surface area contributed by atoms with Gasteiger partial charge in [0.25, 0.3) is 0 Å². The van der Waals surface area contributed by atoms with Gasteiger partial charge in [-0.1, -0.05) is 0 Å². The second-order valence-corrected chi connectivity index (χ2v) is 3.60. The SMILES string of the molecule is CC(C)N=C(N)CN1CCOCC1. The molecule has 13 heavy (non-hydrogen) atoms. The lowest BCUT2D eigenvalue weighted by molar-refractivity contribution is 0.0451. The maximum Gasteiger partial charge on any atom is 0.108 e. The number of hydrogen-bond acceptors (Lipinski definition) is 3. The maximum atomic E-state index is 5.77. The lowest BCUT2D eigenvalue weighted by atomic mass is 10.4. The first-order valence-electron chi connectivity index (χ1n) is 4.80. The number of hydrogen-bond donors (Lipinski definition) is 1. The van der Waals surface area contributed by atoms with Crippen LogP contribution >= 0.6 is 0 Å². The molecule has 1 fully saturated rings. The quantitative estimate of drug-likeness (QED) is 0.500. The summed E-state index contributed by atoms with van der Waals surface area (Å²) in [5, 5.41) is 0. The van der Waals surface area contributed by atoms with Crippen LogP contribution in [0.3, 0.4) is 0 Å². The minimum atomic E-state index is 0.293. The van der Waals surface area contributed by atoms with Gasteiger partial charge in [-0.05, 0) is 13.8 Å². The molecule has 1 saturated heterocycles. The highest BCUT2D eigenvalue weighted by Gasteiger charge is 2.11. The molecule has 1 rings (SSSR count). The molecule has 0 bridgehead atoms. The van der Waals surface area contributed by atoms with Gasteiger partial charge in [-0.15, -0.1) is 0 Å². The van der Waals surface area contributed by atoms with Crippen molar-refractivity contribution in [3.05, 3.63) is 0 Å².